The Hall–Kier alpha value is -0.120. The molecule has 0 aromatic heterocycles. The predicted molar refractivity (Wildman–Crippen MR) is 80.5 cm³/mol. The average Bonchev–Trinajstić information content (AvgIpc) is 2.97. The van der Waals surface area contributed by atoms with E-state index in [1.165, 1.54) is 57.9 Å². The summed E-state index contributed by atoms with van der Waals surface area (Å²) < 4.78 is 5.65. The Bertz CT molecular complexity index is 229. The summed E-state index contributed by atoms with van der Waals surface area (Å²) in [4.78, 5) is 0. The molecular weight excluding hydrogens is 236 g/mol. The van der Waals surface area contributed by atoms with Crippen LogP contribution in [0.3, 0.4) is 0 Å². The van der Waals surface area contributed by atoms with Crippen molar-refractivity contribution >= 4 is 0 Å². The van der Waals surface area contributed by atoms with Crippen LogP contribution < -0.4 is 10.6 Å². The van der Waals surface area contributed by atoms with E-state index in [4.69, 9.17) is 4.74 Å². The molecule has 0 amide bonds. The Balaban J connectivity index is 1.64. The fourth-order valence-corrected chi connectivity index (χ4v) is 3.64. The lowest BCUT2D eigenvalue weighted by atomic mass is 9.79. The molecule has 1 heterocycles. The van der Waals surface area contributed by atoms with Gasteiger partial charge in [-0.05, 0) is 44.6 Å². The number of ether oxygens (including phenoxy) is 1. The first-order valence-corrected chi connectivity index (χ1v) is 8.46. The quantitative estimate of drug-likeness (QED) is 0.664. The Morgan fingerprint density at radius 3 is 2.79 bits per heavy atom. The van der Waals surface area contributed by atoms with Crippen LogP contribution in [0, 0.1) is 5.92 Å². The fourth-order valence-electron chi connectivity index (χ4n) is 3.64. The molecule has 0 bridgehead atoms. The van der Waals surface area contributed by atoms with Crippen molar-refractivity contribution in [1.29, 1.82) is 0 Å². The lowest BCUT2D eigenvalue weighted by Crippen LogP contribution is -2.47. The van der Waals surface area contributed by atoms with Crippen LogP contribution in [-0.2, 0) is 4.74 Å². The number of unbranched alkanes of at least 4 members (excludes halogenated alkanes) is 1. The highest BCUT2D eigenvalue weighted by molar-refractivity contribution is 4.91. The molecule has 1 saturated heterocycles. The highest BCUT2D eigenvalue weighted by Gasteiger charge is 2.32. The van der Waals surface area contributed by atoms with Gasteiger partial charge in [0.05, 0.1) is 6.61 Å². The predicted octanol–water partition coefficient (Wildman–Crippen LogP) is 2.70. The van der Waals surface area contributed by atoms with E-state index in [0.717, 1.165) is 37.8 Å². The summed E-state index contributed by atoms with van der Waals surface area (Å²) in [6, 6.07) is 1.50. The molecule has 112 valence electrons. The number of hydrogen-bond donors (Lipinski definition) is 2. The highest BCUT2D eigenvalue weighted by atomic mass is 16.5. The molecule has 0 radical (unpaired) electrons. The number of rotatable bonds is 8. The molecule has 2 fully saturated rings. The van der Waals surface area contributed by atoms with Gasteiger partial charge in [0, 0.05) is 25.2 Å². The molecule has 1 saturated carbocycles. The molecule has 0 aromatic rings. The van der Waals surface area contributed by atoms with Crippen LogP contribution in [0.25, 0.3) is 0 Å². The molecule has 1 aliphatic carbocycles. The zero-order valence-corrected chi connectivity index (χ0v) is 12.6. The van der Waals surface area contributed by atoms with Crippen molar-refractivity contribution in [2.24, 2.45) is 5.92 Å². The van der Waals surface area contributed by atoms with Crippen LogP contribution in [0.15, 0.2) is 0 Å². The van der Waals surface area contributed by atoms with Crippen molar-refractivity contribution in [3.8, 4) is 0 Å². The second-order valence-corrected chi connectivity index (χ2v) is 6.18. The van der Waals surface area contributed by atoms with Gasteiger partial charge < -0.3 is 15.4 Å². The van der Waals surface area contributed by atoms with E-state index < -0.39 is 0 Å². The van der Waals surface area contributed by atoms with Gasteiger partial charge in [-0.2, -0.15) is 0 Å². The molecule has 2 N–H and O–H groups in total. The molecule has 0 aromatic carbocycles. The van der Waals surface area contributed by atoms with Gasteiger partial charge in [-0.15, -0.1) is 0 Å². The number of hydrogen-bond acceptors (Lipinski definition) is 3. The maximum absolute atomic E-state index is 5.65. The Kier molecular flexibility index (Phi) is 7.18. The van der Waals surface area contributed by atoms with Crippen molar-refractivity contribution in [3.05, 3.63) is 0 Å². The lowest BCUT2D eigenvalue weighted by molar-refractivity contribution is 0.122. The molecule has 3 nitrogen and oxygen atoms in total. The second kappa shape index (κ2) is 8.93. The van der Waals surface area contributed by atoms with Gasteiger partial charge >= 0.3 is 0 Å². The minimum absolute atomic E-state index is 0.721. The normalized spacial score (nSPS) is 31.7. The van der Waals surface area contributed by atoms with Gasteiger partial charge in [-0.25, -0.2) is 0 Å². The molecule has 19 heavy (non-hydrogen) atoms. The second-order valence-electron chi connectivity index (χ2n) is 6.18. The van der Waals surface area contributed by atoms with Gasteiger partial charge in [-0.1, -0.05) is 26.2 Å². The monoisotopic (exact) mass is 268 g/mol. The maximum Gasteiger partial charge on any atom is 0.0591 e. The molecule has 3 heteroatoms. The first kappa shape index (κ1) is 15.3. The summed E-state index contributed by atoms with van der Waals surface area (Å²) in [7, 11) is 0. The summed E-state index contributed by atoms with van der Waals surface area (Å²) in [6.45, 7) is 6.27. The van der Waals surface area contributed by atoms with Crippen molar-refractivity contribution in [2.45, 2.75) is 70.4 Å². The fraction of sp³-hybridized carbons (Fsp3) is 1.00. The molecule has 0 spiro atoms. The summed E-state index contributed by atoms with van der Waals surface area (Å²) in [5, 5.41) is 7.46. The lowest BCUT2D eigenvalue weighted by Gasteiger charge is -2.36. The van der Waals surface area contributed by atoms with E-state index in [2.05, 4.69) is 17.6 Å². The van der Waals surface area contributed by atoms with Gasteiger partial charge in [0.1, 0.15) is 0 Å². The molecule has 3 unspecified atom stereocenters. The van der Waals surface area contributed by atoms with Gasteiger partial charge in [0.25, 0.3) is 0 Å². The van der Waals surface area contributed by atoms with Crippen molar-refractivity contribution in [1.82, 2.24) is 10.6 Å². The minimum atomic E-state index is 0.721. The zero-order chi connectivity index (χ0) is 13.3. The van der Waals surface area contributed by atoms with E-state index in [9.17, 15) is 0 Å². The average molecular weight is 268 g/mol. The standard InChI is InChI=1S/C16H32N2O/c1-2-3-12-19-13-11-18-15-8-5-4-7-14(15)16-9-6-10-17-16/h14-18H,2-13H2,1H3. The van der Waals surface area contributed by atoms with E-state index in [1.54, 1.807) is 0 Å². The Morgan fingerprint density at radius 2 is 2.00 bits per heavy atom. The highest BCUT2D eigenvalue weighted by Crippen LogP contribution is 2.30. The summed E-state index contributed by atoms with van der Waals surface area (Å²) >= 11 is 0. The maximum atomic E-state index is 5.65. The van der Waals surface area contributed by atoms with Crippen LogP contribution in [0.1, 0.15) is 58.3 Å². The van der Waals surface area contributed by atoms with Crippen molar-refractivity contribution in [3.63, 3.8) is 0 Å². The molecular formula is C16H32N2O. The van der Waals surface area contributed by atoms with Crippen LogP contribution in [0.4, 0.5) is 0 Å². The van der Waals surface area contributed by atoms with Crippen molar-refractivity contribution in [2.75, 3.05) is 26.3 Å². The first-order valence-electron chi connectivity index (χ1n) is 8.46. The van der Waals surface area contributed by atoms with Gasteiger partial charge in [0.2, 0.25) is 0 Å². The topological polar surface area (TPSA) is 33.3 Å². The Labute approximate surface area is 118 Å². The first-order chi connectivity index (χ1) is 9.42. The van der Waals surface area contributed by atoms with E-state index in [0.29, 0.717) is 0 Å². The molecule has 2 rings (SSSR count). The van der Waals surface area contributed by atoms with Gasteiger partial charge in [0.15, 0.2) is 0 Å². The molecule has 2 aliphatic rings. The SMILES string of the molecule is CCCCOCCNC1CCCCC1C1CCCN1. The van der Waals surface area contributed by atoms with Crippen molar-refractivity contribution < 1.29 is 4.74 Å². The van der Waals surface area contributed by atoms with E-state index >= 15 is 0 Å². The number of nitrogens with one attached hydrogen (secondary N) is 2. The van der Waals surface area contributed by atoms with Crippen LogP contribution in [0.5, 0.6) is 0 Å². The minimum Gasteiger partial charge on any atom is -0.380 e. The van der Waals surface area contributed by atoms with Crippen LogP contribution >= 0.6 is 0 Å². The summed E-state index contributed by atoms with van der Waals surface area (Å²) in [5.74, 6) is 0.854. The smallest absolute Gasteiger partial charge is 0.0591 e. The van der Waals surface area contributed by atoms with Gasteiger partial charge in [-0.3, -0.25) is 0 Å². The third-order valence-electron chi connectivity index (χ3n) is 4.73. The summed E-state index contributed by atoms with van der Waals surface area (Å²) in [6.07, 6.45) is 10.8. The molecule has 1 aliphatic heterocycles. The third-order valence-corrected chi connectivity index (χ3v) is 4.73. The van der Waals surface area contributed by atoms with Crippen LogP contribution in [0.2, 0.25) is 0 Å². The molecule has 3 atom stereocenters. The zero-order valence-electron chi connectivity index (χ0n) is 12.6. The summed E-state index contributed by atoms with van der Waals surface area (Å²) in [5.41, 5.74) is 0. The Morgan fingerprint density at radius 1 is 1.11 bits per heavy atom. The van der Waals surface area contributed by atoms with E-state index in [1.807, 2.05) is 0 Å². The van der Waals surface area contributed by atoms with Crippen LogP contribution in [-0.4, -0.2) is 38.4 Å². The van der Waals surface area contributed by atoms with E-state index in [-0.39, 0.29) is 0 Å². The largest absolute Gasteiger partial charge is 0.380 e. The third kappa shape index (κ3) is 5.05.